The van der Waals surface area contributed by atoms with Crippen molar-refractivity contribution in [2.75, 3.05) is 38.1 Å². The number of anilines is 1. The number of aromatic nitrogens is 4. The van der Waals surface area contributed by atoms with E-state index in [9.17, 15) is 0 Å². The van der Waals surface area contributed by atoms with Gasteiger partial charge in [0.25, 0.3) is 0 Å². The molecule has 7 heteroatoms. The highest BCUT2D eigenvalue weighted by Gasteiger charge is 2.16. The Morgan fingerprint density at radius 1 is 1.20 bits per heavy atom. The minimum absolute atomic E-state index is 0.564. The van der Waals surface area contributed by atoms with E-state index in [2.05, 4.69) is 37.5 Å². The van der Waals surface area contributed by atoms with Crippen LogP contribution in [0.3, 0.4) is 0 Å². The first-order valence-corrected chi connectivity index (χ1v) is 7.09. The first-order chi connectivity index (χ1) is 9.74. The van der Waals surface area contributed by atoms with Crippen LogP contribution in [-0.2, 0) is 0 Å². The molecule has 0 amide bonds. The van der Waals surface area contributed by atoms with Crippen LogP contribution in [0, 0.1) is 0 Å². The summed E-state index contributed by atoms with van der Waals surface area (Å²) in [5, 5.41) is 14.7. The number of benzene rings is 1. The number of nitrogens with one attached hydrogen (secondary N) is 1. The van der Waals surface area contributed by atoms with Crippen molar-refractivity contribution in [2.24, 2.45) is 0 Å². The number of hydrogen-bond donors (Lipinski definition) is 1. The van der Waals surface area contributed by atoms with E-state index < -0.39 is 0 Å². The predicted molar refractivity (Wildman–Crippen MR) is 79.0 cm³/mol. The second kappa shape index (κ2) is 5.76. The average molecular weight is 293 g/mol. The van der Waals surface area contributed by atoms with Crippen LogP contribution in [0.15, 0.2) is 18.2 Å². The summed E-state index contributed by atoms with van der Waals surface area (Å²) in [5.41, 5.74) is 1.95. The molecular weight excluding hydrogens is 276 g/mol. The summed E-state index contributed by atoms with van der Waals surface area (Å²) < 4.78 is 0. The molecule has 1 aliphatic rings. The van der Waals surface area contributed by atoms with Gasteiger partial charge in [-0.25, -0.2) is 0 Å². The lowest BCUT2D eigenvalue weighted by atomic mass is 10.2. The molecule has 0 bridgehead atoms. The van der Waals surface area contributed by atoms with Crippen LogP contribution in [0.25, 0.3) is 11.4 Å². The lowest BCUT2D eigenvalue weighted by Gasteiger charge is -2.24. The van der Waals surface area contributed by atoms with Crippen LogP contribution in [0.4, 0.5) is 5.69 Å². The maximum absolute atomic E-state index is 6.43. The largest absolute Gasteiger partial charge is 0.369 e. The van der Waals surface area contributed by atoms with Gasteiger partial charge < -0.3 is 9.80 Å². The molecule has 1 aromatic heterocycles. The maximum Gasteiger partial charge on any atom is 0.204 e. The Labute approximate surface area is 122 Å². The smallest absolute Gasteiger partial charge is 0.204 e. The molecule has 2 aromatic rings. The normalized spacial score (nSPS) is 17.2. The quantitative estimate of drug-likeness (QED) is 0.912. The van der Waals surface area contributed by atoms with Crippen molar-refractivity contribution in [3.8, 4) is 11.4 Å². The number of nitrogens with zero attached hydrogens (tertiary/aromatic N) is 5. The predicted octanol–water partition coefficient (Wildman–Crippen LogP) is 1.66. The van der Waals surface area contributed by atoms with E-state index >= 15 is 0 Å². The second-order valence-electron chi connectivity index (χ2n) is 5.05. The fourth-order valence-corrected chi connectivity index (χ4v) is 2.77. The van der Waals surface area contributed by atoms with Gasteiger partial charge in [-0.2, -0.15) is 5.21 Å². The zero-order valence-corrected chi connectivity index (χ0v) is 12.1. The molecule has 20 heavy (non-hydrogen) atoms. The molecule has 0 atom stereocenters. The van der Waals surface area contributed by atoms with Gasteiger partial charge >= 0.3 is 0 Å². The molecular formula is C13H17ClN6. The van der Waals surface area contributed by atoms with Crippen molar-refractivity contribution in [3.63, 3.8) is 0 Å². The fraction of sp³-hybridized carbons (Fsp3) is 0.462. The van der Waals surface area contributed by atoms with Crippen LogP contribution in [0.2, 0.25) is 5.02 Å². The van der Waals surface area contributed by atoms with Gasteiger partial charge in [0.2, 0.25) is 5.82 Å². The first-order valence-electron chi connectivity index (χ1n) is 6.71. The number of halogens is 1. The van der Waals surface area contributed by atoms with Gasteiger partial charge in [-0.3, -0.25) is 0 Å². The Morgan fingerprint density at radius 2 is 2.10 bits per heavy atom. The van der Waals surface area contributed by atoms with E-state index in [-0.39, 0.29) is 0 Å². The highest BCUT2D eigenvalue weighted by atomic mass is 35.5. The Kier molecular flexibility index (Phi) is 3.84. The summed E-state index contributed by atoms with van der Waals surface area (Å²) in [5.74, 6) is 0.564. The summed E-state index contributed by atoms with van der Waals surface area (Å²) in [4.78, 5) is 4.69. The maximum atomic E-state index is 6.43. The highest BCUT2D eigenvalue weighted by Crippen LogP contribution is 2.30. The van der Waals surface area contributed by atoms with Crippen LogP contribution in [0.1, 0.15) is 6.42 Å². The van der Waals surface area contributed by atoms with Crippen LogP contribution in [-0.4, -0.2) is 58.8 Å². The molecule has 1 saturated heterocycles. The van der Waals surface area contributed by atoms with Crippen LogP contribution >= 0.6 is 11.6 Å². The molecule has 0 spiro atoms. The highest BCUT2D eigenvalue weighted by molar-refractivity contribution is 6.33. The molecule has 1 fully saturated rings. The molecule has 106 valence electrons. The summed E-state index contributed by atoms with van der Waals surface area (Å²) in [6.45, 7) is 4.22. The number of aromatic amines is 1. The minimum Gasteiger partial charge on any atom is -0.369 e. The van der Waals surface area contributed by atoms with Gasteiger partial charge in [-0.15, -0.1) is 10.2 Å². The van der Waals surface area contributed by atoms with E-state index in [4.69, 9.17) is 11.6 Å². The van der Waals surface area contributed by atoms with E-state index in [0.29, 0.717) is 5.82 Å². The summed E-state index contributed by atoms with van der Waals surface area (Å²) in [7, 11) is 2.16. The topological polar surface area (TPSA) is 60.9 Å². The van der Waals surface area contributed by atoms with Crippen molar-refractivity contribution in [1.82, 2.24) is 25.5 Å². The number of rotatable bonds is 2. The molecule has 1 aromatic carbocycles. The lowest BCUT2D eigenvalue weighted by molar-refractivity contribution is 0.360. The molecule has 0 radical (unpaired) electrons. The first kappa shape index (κ1) is 13.3. The second-order valence-corrected chi connectivity index (χ2v) is 5.45. The van der Waals surface area contributed by atoms with Gasteiger partial charge in [0, 0.05) is 25.2 Å². The van der Waals surface area contributed by atoms with Gasteiger partial charge in [0.05, 0.1) is 10.7 Å². The molecule has 1 N–H and O–H groups in total. The number of H-pyrrole nitrogens is 1. The summed E-state index contributed by atoms with van der Waals surface area (Å²) in [6.07, 6.45) is 1.15. The molecule has 2 heterocycles. The Bertz CT molecular complexity index is 570. The third-order valence-corrected chi connectivity index (χ3v) is 3.91. The molecule has 0 unspecified atom stereocenters. The van der Waals surface area contributed by atoms with Crippen molar-refractivity contribution in [3.05, 3.63) is 23.2 Å². The Morgan fingerprint density at radius 3 is 2.85 bits per heavy atom. The standard InChI is InChI=1S/C13H17ClN6/c1-19-5-2-6-20(8-7-19)12-4-3-10(9-11(12)14)13-15-17-18-16-13/h3-4,9H,2,5-8H2,1H3,(H,15,16,17,18). The van der Waals surface area contributed by atoms with Gasteiger partial charge in [0.15, 0.2) is 0 Å². The van der Waals surface area contributed by atoms with Crippen molar-refractivity contribution in [1.29, 1.82) is 0 Å². The van der Waals surface area contributed by atoms with E-state index in [1.165, 1.54) is 0 Å². The molecule has 0 aliphatic carbocycles. The van der Waals surface area contributed by atoms with Crippen molar-refractivity contribution < 1.29 is 0 Å². The van der Waals surface area contributed by atoms with Gasteiger partial charge in [-0.05, 0) is 43.4 Å². The zero-order valence-electron chi connectivity index (χ0n) is 11.4. The summed E-state index contributed by atoms with van der Waals surface area (Å²) >= 11 is 6.43. The van der Waals surface area contributed by atoms with Gasteiger partial charge in [-0.1, -0.05) is 11.6 Å². The monoisotopic (exact) mass is 292 g/mol. The van der Waals surface area contributed by atoms with Crippen molar-refractivity contribution in [2.45, 2.75) is 6.42 Å². The molecule has 3 rings (SSSR count). The Balaban J connectivity index is 1.84. The summed E-state index contributed by atoms with van der Waals surface area (Å²) in [6, 6.07) is 5.93. The van der Waals surface area contributed by atoms with Crippen LogP contribution < -0.4 is 4.90 Å². The van der Waals surface area contributed by atoms with E-state index in [1.807, 2.05) is 18.2 Å². The third-order valence-electron chi connectivity index (χ3n) is 3.61. The van der Waals surface area contributed by atoms with Crippen LogP contribution in [0.5, 0.6) is 0 Å². The SMILES string of the molecule is CN1CCCN(c2ccc(-c3nn[nH]n3)cc2Cl)CC1. The fourth-order valence-electron chi connectivity index (χ4n) is 2.47. The van der Waals surface area contributed by atoms with Gasteiger partial charge in [0.1, 0.15) is 0 Å². The number of tetrazole rings is 1. The molecule has 1 aliphatic heterocycles. The van der Waals surface area contributed by atoms with E-state index in [0.717, 1.165) is 48.9 Å². The lowest BCUT2D eigenvalue weighted by Crippen LogP contribution is -2.28. The Hall–Kier alpha value is -1.66. The molecule has 0 saturated carbocycles. The number of likely N-dealkylation sites (N-methyl/N-ethyl adjacent to an activating group) is 1. The minimum atomic E-state index is 0.564. The number of hydrogen-bond acceptors (Lipinski definition) is 5. The van der Waals surface area contributed by atoms with Crippen molar-refractivity contribution >= 4 is 17.3 Å². The third kappa shape index (κ3) is 2.76. The van der Waals surface area contributed by atoms with E-state index in [1.54, 1.807) is 0 Å². The molecule has 6 nitrogen and oxygen atoms in total. The zero-order chi connectivity index (χ0) is 13.9. The average Bonchev–Trinajstić information content (AvgIpc) is 2.89.